The molecule has 0 saturated carbocycles. The second-order valence-corrected chi connectivity index (χ2v) is 4.37. The zero-order valence-corrected chi connectivity index (χ0v) is 10.6. The van der Waals surface area contributed by atoms with Gasteiger partial charge in [-0.2, -0.15) is 0 Å². The van der Waals surface area contributed by atoms with E-state index in [1.165, 1.54) is 12.1 Å². The number of rotatable bonds is 4. The van der Waals surface area contributed by atoms with Gasteiger partial charge in [0.2, 0.25) is 5.91 Å². The highest BCUT2D eigenvalue weighted by molar-refractivity contribution is 5.78. The summed E-state index contributed by atoms with van der Waals surface area (Å²) < 4.78 is 12.7. The molecular formula is C15H15FN2O. The Labute approximate surface area is 111 Å². The van der Waals surface area contributed by atoms with E-state index in [0.29, 0.717) is 0 Å². The van der Waals surface area contributed by atoms with E-state index in [4.69, 9.17) is 0 Å². The van der Waals surface area contributed by atoms with Crippen molar-refractivity contribution in [2.24, 2.45) is 0 Å². The Hall–Kier alpha value is -2.23. The van der Waals surface area contributed by atoms with Gasteiger partial charge in [-0.15, -0.1) is 0 Å². The van der Waals surface area contributed by atoms with Crippen LogP contribution in [0, 0.1) is 5.82 Å². The van der Waals surface area contributed by atoms with Gasteiger partial charge >= 0.3 is 0 Å². The van der Waals surface area contributed by atoms with E-state index in [-0.39, 0.29) is 24.2 Å². The lowest BCUT2D eigenvalue weighted by molar-refractivity contribution is -0.121. The molecule has 1 aromatic carbocycles. The summed E-state index contributed by atoms with van der Waals surface area (Å²) >= 11 is 0. The largest absolute Gasteiger partial charge is 0.349 e. The first kappa shape index (κ1) is 13.2. The average Bonchev–Trinajstić information content (AvgIpc) is 2.42. The fourth-order valence-corrected chi connectivity index (χ4v) is 1.82. The Kier molecular flexibility index (Phi) is 4.23. The molecule has 98 valence electrons. The van der Waals surface area contributed by atoms with Gasteiger partial charge in [-0.25, -0.2) is 4.39 Å². The quantitative estimate of drug-likeness (QED) is 0.916. The fraction of sp³-hybridized carbons (Fsp3) is 0.200. The van der Waals surface area contributed by atoms with E-state index < -0.39 is 0 Å². The minimum Gasteiger partial charge on any atom is -0.349 e. The first-order valence-electron chi connectivity index (χ1n) is 6.09. The molecule has 0 bridgehead atoms. The van der Waals surface area contributed by atoms with Crippen LogP contribution in [-0.2, 0) is 11.2 Å². The number of carbonyl (C=O) groups excluding carboxylic acids is 1. The van der Waals surface area contributed by atoms with Crippen LogP contribution in [0.4, 0.5) is 4.39 Å². The second-order valence-electron chi connectivity index (χ2n) is 4.37. The number of benzene rings is 1. The molecular weight excluding hydrogens is 243 g/mol. The third-order valence-corrected chi connectivity index (χ3v) is 2.86. The Bertz CT molecular complexity index is 540. The van der Waals surface area contributed by atoms with Gasteiger partial charge in [0.25, 0.3) is 0 Å². The Morgan fingerprint density at radius 2 is 1.84 bits per heavy atom. The van der Waals surface area contributed by atoms with Gasteiger partial charge in [0.1, 0.15) is 5.82 Å². The maximum Gasteiger partial charge on any atom is 0.224 e. The van der Waals surface area contributed by atoms with Crippen LogP contribution in [0.2, 0.25) is 0 Å². The van der Waals surface area contributed by atoms with Gasteiger partial charge in [-0.1, -0.05) is 12.1 Å². The normalized spacial score (nSPS) is 11.9. The number of aromatic nitrogens is 1. The van der Waals surface area contributed by atoms with E-state index >= 15 is 0 Å². The van der Waals surface area contributed by atoms with Crippen LogP contribution >= 0.6 is 0 Å². The summed E-state index contributed by atoms with van der Waals surface area (Å²) in [7, 11) is 0. The predicted octanol–water partition coefficient (Wildman–Crippen LogP) is 2.64. The molecule has 1 amide bonds. The van der Waals surface area contributed by atoms with Gasteiger partial charge < -0.3 is 5.32 Å². The lowest BCUT2D eigenvalue weighted by atomic mass is 10.1. The van der Waals surface area contributed by atoms with Crippen LogP contribution in [0.15, 0.2) is 48.8 Å². The number of nitrogens with one attached hydrogen (secondary N) is 1. The number of nitrogens with zero attached hydrogens (tertiary/aromatic N) is 1. The van der Waals surface area contributed by atoms with Crippen LogP contribution in [-0.4, -0.2) is 10.9 Å². The van der Waals surface area contributed by atoms with E-state index in [2.05, 4.69) is 10.3 Å². The number of halogens is 1. The molecule has 0 aliphatic heterocycles. The number of hydrogen-bond donors (Lipinski definition) is 1. The molecule has 1 aromatic heterocycles. The molecule has 2 rings (SSSR count). The number of carbonyl (C=O) groups is 1. The molecule has 4 heteroatoms. The number of hydrogen-bond acceptors (Lipinski definition) is 2. The standard InChI is InChI=1S/C15H15FN2O/c1-11(13-6-8-17-9-7-13)18-15(19)10-12-2-4-14(16)5-3-12/h2-9,11H,10H2,1H3,(H,18,19). The molecule has 0 radical (unpaired) electrons. The highest BCUT2D eigenvalue weighted by atomic mass is 19.1. The molecule has 2 aromatic rings. The third-order valence-electron chi connectivity index (χ3n) is 2.86. The van der Waals surface area contributed by atoms with Gasteiger partial charge in [-0.05, 0) is 42.3 Å². The molecule has 0 aliphatic carbocycles. The smallest absolute Gasteiger partial charge is 0.224 e. The summed E-state index contributed by atoms with van der Waals surface area (Å²) in [5.41, 5.74) is 1.79. The number of amides is 1. The SMILES string of the molecule is CC(NC(=O)Cc1ccc(F)cc1)c1ccncc1. The highest BCUT2D eigenvalue weighted by Crippen LogP contribution is 2.11. The van der Waals surface area contributed by atoms with Crippen molar-refractivity contribution in [2.75, 3.05) is 0 Å². The van der Waals surface area contributed by atoms with E-state index in [9.17, 15) is 9.18 Å². The van der Waals surface area contributed by atoms with Crippen molar-refractivity contribution in [1.29, 1.82) is 0 Å². The van der Waals surface area contributed by atoms with Gasteiger partial charge in [0.05, 0.1) is 12.5 Å². The average molecular weight is 258 g/mol. The summed E-state index contributed by atoms with van der Waals surface area (Å²) in [6, 6.07) is 9.60. The van der Waals surface area contributed by atoms with Crippen molar-refractivity contribution < 1.29 is 9.18 Å². The molecule has 3 nitrogen and oxygen atoms in total. The monoisotopic (exact) mass is 258 g/mol. The predicted molar refractivity (Wildman–Crippen MR) is 70.9 cm³/mol. The van der Waals surface area contributed by atoms with Gasteiger partial charge in [-0.3, -0.25) is 9.78 Å². The van der Waals surface area contributed by atoms with Crippen LogP contribution in [0.1, 0.15) is 24.1 Å². The summed E-state index contributed by atoms with van der Waals surface area (Å²) in [4.78, 5) is 15.8. The van der Waals surface area contributed by atoms with Crippen molar-refractivity contribution in [1.82, 2.24) is 10.3 Å². The molecule has 1 heterocycles. The molecule has 19 heavy (non-hydrogen) atoms. The first-order valence-corrected chi connectivity index (χ1v) is 6.09. The summed E-state index contributed by atoms with van der Waals surface area (Å²) in [5.74, 6) is -0.384. The maximum absolute atomic E-state index is 12.7. The zero-order valence-electron chi connectivity index (χ0n) is 10.6. The molecule has 1 N–H and O–H groups in total. The summed E-state index contributed by atoms with van der Waals surface area (Å²) in [6.45, 7) is 1.91. The zero-order chi connectivity index (χ0) is 13.7. The van der Waals surface area contributed by atoms with E-state index in [1.807, 2.05) is 19.1 Å². The lowest BCUT2D eigenvalue weighted by Crippen LogP contribution is -2.28. The van der Waals surface area contributed by atoms with Crippen LogP contribution in [0.5, 0.6) is 0 Å². The minimum atomic E-state index is -0.297. The van der Waals surface area contributed by atoms with Crippen molar-refractivity contribution in [3.63, 3.8) is 0 Å². The molecule has 1 atom stereocenters. The van der Waals surface area contributed by atoms with Crippen LogP contribution in [0.25, 0.3) is 0 Å². The van der Waals surface area contributed by atoms with Crippen LogP contribution in [0.3, 0.4) is 0 Å². The van der Waals surface area contributed by atoms with Crippen molar-refractivity contribution >= 4 is 5.91 Å². The Morgan fingerprint density at radius 1 is 1.21 bits per heavy atom. The maximum atomic E-state index is 12.7. The topological polar surface area (TPSA) is 42.0 Å². The molecule has 1 unspecified atom stereocenters. The van der Waals surface area contributed by atoms with Gasteiger partial charge in [0.15, 0.2) is 0 Å². The Morgan fingerprint density at radius 3 is 2.47 bits per heavy atom. The molecule has 0 aliphatic rings. The van der Waals surface area contributed by atoms with Crippen molar-refractivity contribution in [3.05, 3.63) is 65.7 Å². The Balaban J connectivity index is 1.93. The van der Waals surface area contributed by atoms with Crippen LogP contribution < -0.4 is 5.32 Å². The molecule has 0 spiro atoms. The van der Waals surface area contributed by atoms with Crippen molar-refractivity contribution in [3.8, 4) is 0 Å². The molecule has 0 saturated heterocycles. The van der Waals surface area contributed by atoms with Gasteiger partial charge in [0, 0.05) is 12.4 Å². The first-order chi connectivity index (χ1) is 9.15. The fourth-order valence-electron chi connectivity index (χ4n) is 1.82. The molecule has 0 fully saturated rings. The second kappa shape index (κ2) is 6.09. The summed E-state index contributed by atoms with van der Waals surface area (Å²) in [5, 5.41) is 2.90. The third kappa shape index (κ3) is 3.88. The summed E-state index contributed by atoms with van der Waals surface area (Å²) in [6.07, 6.45) is 3.63. The number of pyridine rings is 1. The van der Waals surface area contributed by atoms with Crippen molar-refractivity contribution in [2.45, 2.75) is 19.4 Å². The minimum absolute atomic E-state index is 0.0732. The van der Waals surface area contributed by atoms with E-state index in [0.717, 1.165) is 11.1 Å². The highest BCUT2D eigenvalue weighted by Gasteiger charge is 2.09. The van der Waals surface area contributed by atoms with E-state index in [1.54, 1.807) is 24.5 Å². The lowest BCUT2D eigenvalue weighted by Gasteiger charge is -2.14.